The average molecular weight is 313 g/mol. The number of hydrogen-bond acceptors (Lipinski definition) is 3. The molecule has 1 saturated heterocycles. The minimum absolute atomic E-state index is 0.0544. The summed E-state index contributed by atoms with van der Waals surface area (Å²) in [5.41, 5.74) is 0.861. The van der Waals surface area contributed by atoms with Gasteiger partial charge in [-0.05, 0) is 38.0 Å². The molecule has 0 N–H and O–H groups in total. The van der Waals surface area contributed by atoms with E-state index in [9.17, 15) is 4.79 Å². The number of epoxide rings is 1. The van der Waals surface area contributed by atoms with Crippen molar-refractivity contribution in [2.24, 2.45) is 0 Å². The van der Waals surface area contributed by atoms with E-state index in [0.29, 0.717) is 19.4 Å². The molecule has 98 valence electrons. The summed E-state index contributed by atoms with van der Waals surface area (Å²) in [5, 5.41) is 0. The van der Waals surface area contributed by atoms with Gasteiger partial charge in [-0.3, -0.25) is 4.79 Å². The molecule has 1 aromatic carbocycles. The summed E-state index contributed by atoms with van der Waals surface area (Å²) in [6.45, 7) is 4.40. The largest absolute Gasteiger partial charge is 0.463 e. The van der Waals surface area contributed by atoms with E-state index in [2.05, 4.69) is 15.9 Å². The maximum atomic E-state index is 11.5. The molecular weight excluding hydrogens is 296 g/mol. The van der Waals surface area contributed by atoms with Crippen molar-refractivity contribution in [2.75, 3.05) is 6.61 Å². The van der Waals surface area contributed by atoms with E-state index >= 15 is 0 Å². The lowest BCUT2D eigenvalue weighted by Crippen LogP contribution is -2.16. The van der Waals surface area contributed by atoms with E-state index in [-0.39, 0.29) is 17.7 Å². The Balaban J connectivity index is 1.92. The van der Waals surface area contributed by atoms with Crippen LogP contribution in [0.2, 0.25) is 0 Å². The predicted octanol–water partition coefficient (Wildman–Crippen LogP) is 3.41. The lowest BCUT2D eigenvalue weighted by molar-refractivity contribution is -0.147. The van der Waals surface area contributed by atoms with Crippen molar-refractivity contribution in [1.29, 1.82) is 0 Å². The van der Waals surface area contributed by atoms with E-state index in [1.54, 1.807) is 0 Å². The van der Waals surface area contributed by atoms with Crippen molar-refractivity contribution in [2.45, 2.75) is 38.4 Å². The van der Waals surface area contributed by atoms with Crippen molar-refractivity contribution in [1.82, 2.24) is 0 Å². The third-order valence-corrected chi connectivity index (χ3v) is 3.49. The molecule has 1 atom stereocenters. The second kappa shape index (κ2) is 5.41. The third kappa shape index (κ3) is 3.33. The molecule has 0 amide bonds. The maximum Gasteiger partial charge on any atom is 0.306 e. The fourth-order valence-electron chi connectivity index (χ4n) is 1.92. The molecule has 0 saturated carbocycles. The first-order chi connectivity index (χ1) is 8.52. The predicted molar refractivity (Wildman–Crippen MR) is 72.2 cm³/mol. The maximum absolute atomic E-state index is 11.5. The van der Waals surface area contributed by atoms with Crippen LogP contribution in [-0.2, 0) is 19.9 Å². The highest BCUT2D eigenvalue weighted by atomic mass is 79.9. The number of halogens is 1. The summed E-state index contributed by atoms with van der Waals surface area (Å²) < 4.78 is 11.7. The number of carbonyl (C=O) groups is 1. The topological polar surface area (TPSA) is 38.8 Å². The molecule has 4 heteroatoms. The highest BCUT2D eigenvalue weighted by Crippen LogP contribution is 2.43. The van der Waals surface area contributed by atoms with Crippen molar-refractivity contribution >= 4 is 21.9 Å². The Hall–Kier alpha value is -0.870. The fourth-order valence-corrected chi connectivity index (χ4v) is 2.19. The Morgan fingerprint density at radius 2 is 2.06 bits per heavy atom. The van der Waals surface area contributed by atoms with Gasteiger partial charge in [-0.1, -0.05) is 28.1 Å². The van der Waals surface area contributed by atoms with Crippen LogP contribution in [0.3, 0.4) is 0 Å². The first-order valence-electron chi connectivity index (χ1n) is 6.11. The zero-order valence-corrected chi connectivity index (χ0v) is 12.2. The average Bonchev–Trinajstić information content (AvgIpc) is 3.08. The second-order valence-electron chi connectivity index (χ2n) is 4.83. The SMILES string of the molecule is CC(C)OC(=O)CC[C@@]1(c2ccc(Br)cc2)CO1. The van der Waals surface area contributed by atoms with Crippen LogP contribution in [0.4, 0.5) is 0 Å². The van der Waals surface area contributed by atoms with E-state index in [1.807, 2.05) is 38.1 Å². The van der Waals surface area contributed by atoms with Gasteiger partial charge in [-0.15, -0.1) is 0 Å². The molecular formula is C14H17BrO3. The lowest BCUT2D eigenvalue weighted by Gasteiger charge is -2.13. The van der Waals surface area contributed by atoms with Crippen molar-refractivity contribution in [3.63, 3.8) is 0 Å². The smallest absolute Gasteiger partial charge is 0.306 e. The van der Waals surface area contributed by atoms with Gasteiger partial charge < -0.3 is 9.47 Å². The molecule has 1 fully saturated rings. The van der Waals surface area contributed by atoms with Gasteiger partial charge in [0.25, 0.3) is 0 Å². The quantitative estimate of drug-likeness (QED) is 0.618. The van der Waals surface area contributed by atoms with Gasteiger partial charge in [0.1, 0.15) is 5.60 Å². The second-order valence-corrected chi connectivity index (χ2v) is 5.74. The molecule has 1 aromatic rings. The van der Waals surface area contributed by atoms with E-state index < -0.39 is 0 Å². The molecule has 0 spiro atoms. The summed E-state index contributed by atoms with van der Waals surface area (Å²) in [4.78, 5) is 11.5. The summed E-state index contributed by atoms with van der Waals surface area (Å²) in [7, 11) is 0. The van der Waals surface area contributed by atoms with Gasteiger partial charge >= 0.3 is 5.97 Å². The molecule has 18 heavy (non-hydrogen) atoms. The molecule has 1 aliphatic rings. The molecule has 1 aliphatic heterocycles. The van der Waals surface area contributed by atoms with Crippen LogP contribution in [0, 0.1) is 0 Å². The zero-order chi connectivity index (χ0) is 13.2. The van der Waals surface area contributed by atoms with Crippen LogP contribution in [0.25, 0.3) is 0 Å². The van der Waals surface area contributed by atoms with Crippen LogP contribution < -0.4 is 0 Å². The van der Waals surface area contributed by atoms with Crippen LogP contribution in [0.15, 0.2) is 28.7 Å². The number of hydrogen-bond donors (Lipinski definition) is 0. The summed E-state index contributed by atoms with van der Waals surface area (Å²) in [6, 6.07) is 8.05. The van der Waals surface area contributed by atoms with Crippen LogP contribution in [0.1, 0.15) is 32.3 Å². The first-order valence-corrected chi connectivity index (χ1v) is 6.91. The first kappa shape index (κ1) is 13.6. The Kier molecular flexibility index (Phi) is 4.07. The van der Waals surface area contributed by atoms with Crippen molar-refractivity contribution in [3.05, 3.63) is 34.3 Å². The van der Waals surface area contributed by atoms with E-state index in [0.717, 1.165) is 10.0 Å². The summed E-state index contributed by atoms with van der Waals surface area (Å²) >= 11 is 3.41. The number of benzene rings is 1. The number of rotatable bonds is 5. The standard InChI is InChI=1S/C14H17BrO3/c1-10(2)18-13(16)7-8-14(9-17-14)11-3-5-12(15)6-4-11/h3-6,10H,7-9H2,1-2H3/t14-/m0/s1. The monoisotopic (exact) mass is 312 g/mol. The van der Waals surface area contributed by atoms with Crippen LogP contribution in [-0.4, -0.2) is 18.7 Å². The molecule has 0 radical (unpaired) electrons. The minimum Gasteiger partial charge on any atom is -0.463 e. The number of esters is 1. The van der Waals surface area contributed by atoms with Crippen molar-refractivity contribution in [3.8, 4) is 0 Å². The van der Waals surface area contributed by atoms with E-state index in [1.165, 1.54) is 0 Å². The Morgan fingerprint density at radius 3 is 2.56 bits per heavy atom. The van der Waals surface area contributed by atoms with Crippen LogP contribution in [0.5, 0.6) is 0 Å². The zero-order valence-electron chi connectivity index (χ0n) is 10.6. The summed E-state index contributed by atoms with van der Waals surface area (Å²) in [5.74, 6) is -0.156. The number of ether oxygens (including phenoxy) is 2. The highest BCUT2D eigenvalue weighted by molar-refractivity contribution is 9.10. The van der Waals surface area contributed by atoms with Gasteiger partial charge in [-0.25, -0.2) is 0 Å². The molecule has 0 aliphatic carbocycles. The van der Waals surface area contributed by atoms with Gasteiger partial charge in [0, 0.05) is 10.9 Å². The fraction of sp³-hybridized carbons (Fsp3) is 0.500. The molecule has 1 heterocycles. The molecule has 0 bridgehead atoms. The van der Waals surface area contributed by atoms with E-state index in [4.69, 9.17) is 9.47 Å². The third-order valence-electron chi connectivity index (χ3n) is 2.96. The molecule has 3 nitrogen and oxygen atoms in total. The van der Waals surface area contributed by atoms with Gasteiger partial charge in [0.15, 0.2) is 0 Å². The van der Waals surface area contributed by atoms with Gasteiger partial charge in [0.2, 0.25) is 0 Å². The lowest BCUT2D eigenvalue weighted by atomic mass is 9.95. The Morgan fingerprint density at radius 1 is 1.44 bits per heavy atom. The van der Waals surface area contributed by atoms with Crippen LogP contribution >= 0.6 is 15.9 Å². The number of carbonyl (C=O) groups excluding carboxylic acids is 1. The van der Waals surface area contributed by atoms with Gasteiger partial charge in [0.05, 0.1) is 12.7 Å². The van der Waals surface area contributed by atoms with Gasteiger partial charge in [-0.2, -0.15) is 0 Å². The molecule has 2 rings (SSSR count). The molecule has 0 aromatic heterocycles. The summed E-state index contributed by atoms with van der Waals surface area (Å²) in [6.07, 6.45) is 1.02. The van der Waals surface area contributed by atoms with Crippen molar-refractivity contribution < 1.29 is 14.3 Å². The normalized spacial score (nSPS) is 22.0. The molecule has 0 unspecified atom stereocenters. The highest BCUT2D eigenvalue weighted by Gasteiger charge is 2.46. The Labute approximate surface area is 116 Å². The minimum atomic E-state index is -0.267. The Bertz CT molecular complexity index is 421.